The van der Waals surface area contributed by atoms with Crippen LogP contribution in [0.25, 0.3) is 0 Å². The van der Waals surface area contributed by atoms with Crippen LogP contribution in [0.2, 0.25) is 0 Å². The molecular weight excluding hydrogens is 254 g/mol. The summed E-state index contributed by atoms with van der Waals surface area (Å²) in [5, 5.41) is 0. The van der Waals surface area contributed by atoms with E-state index >= 15 is 0 Å². The van der Waals surface area contributed by atoms with Gasteiger partial charge in [0.15, 0.2) is 0 Å². The molecule has 1 aromatic rings. The Morgan fingerprint density at radius 1 is 1.00 bits per heavy atom. The maximum absolute atomic E-state index is 5.94. The Bertz CT molecular complexity index is 468. The van der Waals surface area contributed by atoms with E-state index < -0.39 is 0 Å². The van der Waals surface area contributed by atoms with Crippen molar-refractivity contribution in [3.8, 4) is 0 Å². The molecule has 2 aliphatic rings. The van der Waals surface area contributed by atoms with Crippen molar-refractivity contribution >= 4 is 0 Å². The first-order valence-electron chi connectivity index (χ1n) is 8.75. The highest BCUT2D eigenvalue weighted by Crippen LogP contribution is 2.48. The number of benzene rings is 1. The van der Waals surface area contributed by atoms with Crippen LogP contribution in [-0.4, -0.2) is 6.54 Å². The van der Waals surface area contributed by atoms with E-state index in [2.05, 4.69) is 45.0 Å². The molecule has 2 aliphatic carbocycles. The van der Waals surface area contributed by atoms with Crippen molar-refractivity contribution < 1.29 is 0 Å². The average molecular weight is 285 g/mol. The summed E-state index contributed by atoms with van der Waals surface area (Å²) in [6.45, 7) is 8.00. The molecule has 0 unspecified atom stereocenters. The minimum absolute atomic E-state index is 0.336. The molecule has 21 heavy (non-hydrogen) atoms. The maximum Gasteiger partial charge on any atom is 0.00762 e. The minimum atomic E-state index is 0.336. The largest absolute Gasteiger partial charge is 0.330 e. The normalized spacial score (nSPS) is 28.4. The summed E-state index contributed by atoms with van der Waals surface area (Å²) in [4.78, 5) is 0. The predicted molar refractivity (Wildman–Crippen MR) is 90.6 cm³/mol. The SMILES string of the molecule is CC(C)(C)C1CCC(c2ccc(C3(CN)CC3)cc2)CC1. The Labute approximate surface area is 130 Å². The third kappa shape index (κ3) is 3.04. The first-order valence-corrected chi connectivity index (χ1v) is 8.75. The summed E-state index contributed by atoms with van der Waals surface area (Å²) in [5.41, 5.74) is 9.78. The van der Waals surface area contributed by atoms with E-state index in [0.29, 0.717) is 10.8 Å². The van der Waals surface area contributed by atoms with Crippen LogP contribution in [0.4, 0.5) is 0 Å². The van der Waals surface area contributed by atoms with Gasteiger partial charge < -0.3 is 5.73 Å². The summed E-state index contributed by atoms with van der Waals surface area (Å²) in [6, 6.07) is 9.47. The highest BCUT2D eigenvalue weighted by atomic mass is 14.7. The Hall–Kier alpha value is -0.820. The second-order valence-electron chi connectivity index (χ2n) is 8.52. The van der Waals surface area contributed by atoms with Crippen molar-refractivity contribution in [3.63, 3.8) is 0 Å². The molecule has 0 aromatic heterocycles. The molecule has 0 bridgehead atoms. The van der Waals surface area contributed by atoms with Crippen molar-refractivity contribution in [1.29, 1.82) is 0 Å². The Kier molecular flexibility index (Phi) is 3.90. The molecule has 0 aliphatic heterocycles. The van der Waals surface area contributed by atoms with Crippen molar-refractivity contribution in [3.05, 3.63) is 35.4 Å². The van der Waals surface area contributed by atoms with E-state index in [9.17, 15) is 0 Å². The third-order valence-electron chi connectivity index (χ3n) is 6.19. The van der Waals surface area contributed by atoms with Crippen LogP contribution in [0, 0.1) is 11.3 Å². The smallest absolute Gasteiger partial charge is 0.00762 e. The lowest BCUT2D eigenvalue weighted by Crippen LogP contribution is -2.25. The summed E-state index contributed by atoms with van der Waals surface area (Å²) in [6.07, 6.45) is 8.07. The topological polar surface area (TPSA) is 26.0 Å². The van der Waals surface area contributed by atoms with Gasteiger partial charge in [0.05, 0.1) is 0 Å². The molecule has 2 fully saturated rings. The lowest BCUT2D eigenvalue weighted by molar-refractivity contribution is 0.169. The Balaban J connectivity index is 1.64. The molecule has 0 heterocycles. The van der Waals surface area contributed by atoms with E-state index in [1.54, 1.807) is 5.56 Å². The van der Waals surface area contributed by atoms with Gasteiger partial charge >= 0.3 is 0 Å². The fourth-order valence-corrected chi connectivity index (χ4v) is 4.16. The van der Waals surface area contributed by atoms with E-state index in [0.717, 1.165) is 18.4 Å². The van der Waals surface area contributed by atoms with E-state index in [1.165, 1.54) is 44.1 Å². The van der Waals surface area contributed by atoms with Crippen molar-refractivity contribution in [2.75, 3.05) is 6.54 Å². The minimum Gasteiger partial charge on any atom is -0.330 e. The van der Waals surface area contributed by atoms with Gasteiger partial charge in [0.2, 0.25) is 0 Å². The molecule has 0 atom stereocenters. The summed E-state index contributed by atoms with van der Waals surface area (Å²) >= 11 is 0. The van der Waals surface area contributed by atoms with Crippen molar-refractivity contribution in [1.82, 2.24) is 0 Å². The van der Waals surface area contributed by atoms with Crippen LogP contribution in [0.3, 0.4) is 0 Å². The Morgan fingerprint density at radius 3 is 2.00 bits per heavy atom. The van der Waals surface area contributed by atoms with Crippen LogP contribution in [0.1, 0.15) is 76.3 Å². The highest BCUT2D eigenvalue weighted by molar-refractivity contribution is 5.35. The van der Waals surface area contributed by atoms with Gasteiger partial charge in [0.1, 0.15) is 0 Å². The molecule has 1 nitrogen and oxygen atoms in total. The predicted octanol–water partition coefficient (Wildman–Crippen LogP) is 5.00. The second kappa shape index (κ2) is 5.43. The number of nitrogens with two attached hydrogens (primary N) is 1. The molecule has 2 saturated carbocycles. The van der Waals surface area contributed by atoms with Crippen LogP contribution in [0.5, 0.6) is 0 Å². The molecule has 0 spiro atoms. The van der Waals surface area contributed by atoms with E-state index in [4.69, 9.17) is 5.73 Å². The molecule has 0 radical (unpaired) electrons. The monoisotopic (exact) mass is 285 g/mol. The summed E-state index contributed by atoms with van der Waals surface area (Å²) < 4.78 is 0. The molecule has 3 rings (SSSR count). The molecule has 116 valence electrons. The maximum atomic E-state index is 5.94. The van der Waals surface area contributed by atoms with Gasteiger partial charge in [0.25, 0.3) is 0 Å². The van der Waals surface area contributed by atoms with Gasteiger partial charge in [-0.25, -0.2) is 0 Å². The fraction of sp³-hybridized carbons (Fsp3) is 0.700. The van der Waals surface area contributed by atoms with E-state index in [1.807, 2.05) is 0 Å². The van der Waals surface area contributed by atoms with Crippen LogP contribution in [0.15, 0.2) is 24.3 Å². The van der Waals surface area contributed by atoms with Gasteiger partial charge in [-0.2, -0.15) is 0 Å². The molecule has 0 amide bonds. The average Bonchev–Trinajstić information content (AvgIpc) is 3.28. The number of rotatable bonds is 3. The first kappa shape index (κ1) is 15.1. The molecule has 1 heteroatoms. The summed E-state index contributed by atoms with van der Waals surface area (Å²) in [5.74, 6) is 1.69. The van der Waals surface area contributed by atoms with Crippen molar-refractivity contribution in [2.24, 2.45) is 17.1 Å². The Morgan fingerprint density at radius 2 is 1.57 bits per heavy atom. The van der Waals surface area contributed by atoms with Crippen LogP contribution in [-0.2, 0) is 5.41 Å². The number of hydrogen-bond acceptors (Lipinski definition) is 1. The number of hydrogen-bond donors (Lipinski definition) is 1. The van der Waals surface area contributed by atoms with Crippen LogP contribution < -0.4 is 5.73 Å². The van der Waals surface area contributed by atoms with Gasteiger partial charge in [-0.05, 0) is 66.9 Å². The fourth-order valence-electron chi connectivity index (χ4n) is 4.16. The lowest BCUT2D eigenvalue weighted by Gasteiger charge is -2.37. The standard InChI is InChI=1S/C20H31N/c1-19(2,3)17-8-4-15(5-9-17)16-6-10-18(11-7-16)20(14-21)12-13-20/h6-7,10-11,15,17H,4-5,8-9,12-14,21H2,1-3H3. The summed E-state index contributed by atoms with van der Waals surface area (Å²) in [7, 11) is 0. The lowest BCUT2D eigenvalue weighted by atomic mass is 9.68. The highest BCUT2D eigenvalue weighted by Gasteiger charge is 2.42. The zero-order valence-corrected chi connectivity index (χ0v) is 14.0. The zero-order chi connectivity index (χ0) is 15.1. The van der Waals surface area contributed by atoms with Gasteiger partial charge in [-0.1, -0.05) is 45.0 Å². The van der Waals surface area contributed by atoms with Gasteiger partial charge in [-0.3, -0.25) is 0 Å². The third-order valence-corrected chi connectivity index (χ3v) is 6.19. The molecule has 1 aromatic carbocycles. The van der Waals surface area contributed by atoms with Gasteiger partial charge in [0, 0.05) is 12.0 Å². The molecular formula is C20H31N. The first-order chi connectivity index (χ1) is 9.94. The van der Waals surface area contributed by atoms with Crippen molar-refractivity contribution in [2.45, 2.75) is 70.6 Å². The molecule has 2 N–H and O–H groups in total. The second-order valence-corrected chi connectivity index (χ2v) is 8.52. The van der Waals surface area contributed by atoms with Gasteiger partial charge in [-0.15, -0.1) is 0 Å². The molecule has 0 saturated heterocycles. The van der Waals surface area contributed by atoms with E-state index in [-0.39, 0.29) is 0 Å². The van der Waals surface area contributed by atoms with Crippen LogP contribution >= 0.6 is 0 Å². The zero-order valence-electron chi connectivity index (χ0n) is 14.0. The quantitative estimate of drug-likeness (QED) is 0.831.